The van der Waals surface area contributed by atoms with Crippen molar-refractivity contribution in [2.45, 2.75) is 26.3 Å². The number of nitrogens with zero attached hydrogens (tertiary/aromatic N) is 2. The number of likely N-dealkylation sites (N-methyl/N-ethyl adjacent to an activating group) is 1. The monoisotopic (exact) mass is 289 g/mol. The second-order valence-corrected chi connectivity index (χ2v) is 5.36. The molecular weight excluding hydrogens is 266 g/mol. The van der Waals surface area contributed by atoms with E-state index in [2.05, 4.69) is 41.1 Å². The molecule has 2 aromatic rings. The van der Waals surface area contributed by atoms with Crippen molar-refractivity contribution in [3.63, 3.8) is 0 Å². The lowest BCUT2D eigenvalue weighted by molar-refractivity contribution is 0.261. The van der Waals surface area contributed by atoms with E-state index in [1.807, 2.05) is 0 Å². The van der Waals surface area contributed by atoms with Gasteiger partial charge in [0.05, 0.1) is 10.9 Å². The van der Waals surface area contributed by atoms with Crippen LogP contribution in [0.3, 0.4) is 0 Å². The van der Waals surface area contributed by atoms with Crippen molar-refractivity contribution in [3.05, 3.63) is 28.6 Å². The first-order chi connectivity index (χ1) is 10.0. The van der Waals surface area contributed by atoms with Crippen LogP contribution in [0, 0.1) is 0 Å². The number of benzene rings is 1. The largest absolute Gasteiger partial charge is 0.399 e. The second kappa shape index (κ2) is 6.58. The van der Waals surface area contributed by atoms with Gasteiger partial charge in [0.15, 0.2) is 0 Å². The molecule has 0 radical (unpaired) electrons. The summed E-state index contributed by atoms with van der Waals surface area (Å²) < 4.78 is 0. The number of aromatic nitrogens is 2. The number of aromatic amines is 1. The third-order valence-corrected chi connectivity index (χ3v) is 3.83. The van der Waals surface area contributed by atoms with Crippen LogP contribution < -0.4 is 16.6 Å². The second-order valence-electron chi connectivity index (χ2n) is 5.36. The number of nitrogens with one attached hydrogen (secondary N) is 2. The molecule has 0 fully saturated rings. The Bertz CT molecular complexity index is 667. The van der Waals surface area contributed by atoms with Gasteiger partial charge in [-0.3, -0.25) is 9.78 Å². The van der Waals surface area contributed by atoms with Gasteiger partial charge in [-0.05, 0) is 38.6 Å². The van der Waals surface area contributed by atoms with Crippen LogP contribution in [0.5, 0.6) is 0 Å². The Kier molecular flexibility index (Phi) is 4.80. The maximum absolute atomic E-state index is 12.0. The Balaban J connectivity index is 2.06. The highest BCUT2D eigenvalue weighted by Gasteiger charge is 2.07. The Labute approximate surface area is 124 Å². The Morgan fingerprint density at radius 1 is 1.48 bits per heavy atom. The maximum atomic E-state index is 12.0. The highest BCUT2D eigenvalue weighted by Crippen LogP contribution is 2.12. The number of H-pyrrole nitrogens is 1. The molecule has 0 bridgehead atoms. The molecular formula is C15H23N5O. The molecule has 6 heteroatoms. The molecule has 0 aliphatic carbocycles. The highest BCUT2D eigenvalue weighted by atomic mass is 16.1. The van der Waals surface area contributed by atoms with Crippen LogP contribution in [-0.2, 0) is 0 Å². The van der Waals surface area contributed by atoms with Gasteiger partial charge in [0.2, 0.25) is 5.95 Å². The maximum Gasteiger partial charge on any atom is 0.260 e. The fraction of sp³-hybridized carbons (Fsp3) is 0.467. The molecule has 21 heavy (non-hydrogen) atoms. The normalized spacial score (nSPS) is 12.8. The summed E-state index contributed by atoms with van der Waals surface area (Å²) in [6.07, 6.45) is 1.11. The molecule has 1 atom stereocenters. The summed E-state index contributed by atoms with van der Waals surface area (Å²) in [5.41, 5.74) is 6.71. The van der Waals surface area contributed by atoms with E-state index in [-0.39, 0.29) is 5.56 Å². The van der Waals surface area contributed by atoms with Gasteiger partial charge in [-0.1, -0.05) is 6.92 Å². The first-order valence-corrected chi connectivity index (χ1v) is 7.25. The molecule has 6 nitrogen and oxygen atoms in total. The van der Waals surface area contributed by atoms with Gasteiger partial charge in [0.1, 0.15) is 0 Å². The lowest BCUT2D eigenvalue weighted by Crippen LogP contribution is -2.33. The molecule has 0 aliphatic rings. The van der Waals surface area contributed by atoms with Crippen LogP contribution in [0.25, 0.3) is 10.9 Å². The van der Waals surface area contributed by atoms with Crippen LogP contribution in [0.1, 0.15) is 20.3 Å². The number of nitrogens with two attached hydrogens (primary N) is 1. The molecule has 0 spiro atoms. The van der Waals surface area contributed by atoms with Crippen molar-refractivity contribution in [1.29, 1.82) is 0 Å². The number of anilines is 2. The summed E-state index contributed by atoms with van der Waals surface area (Å²) in [6.45, 7) is 5.98. The summed E-state index contributed by atoms with van der Waals surface area (Å²) >= 11 is 0. The van der Waals surface area contributed by atoms with E-state index in [9.17, 15) is 4.79 Å². The summed E-state index contributed by atoms with van der Waals surface area (Å²) in [4.78, 5) is 21.4. The number of nitrogen functional groups attached to an aromatic ring is 1. The first-order valence-electron chi connectivity index (χ1n) is 7.25. The summed E-state index contributed by atoms with van der Waals surface area (Å²) in [7, 11) is 2.09. The fourth-order valence-corrected chi connectivity index (χ4v) is 2.12. The lowest BCUT2D eigenvalue weighted by atomic mass is 10.2. The van der Waals surface area contributed by atoms with Crippen molar-refractivity contribution in [3.8, 4) is 0 Å². The van der Waals surface area contributed by atoms with Crippen LogP contribution in [0.2, 0.25) is 0 Å². The minimum absolute atomic E-state index is 0.176. The Morgan fingerprint density at radius 3 is 2.95 bits per heavy atom. The van der Waals surface area contributed by atoms with E-state index < -0.39 is 0 Å². The molecule has 0 aliphatic heterocycles. The zero-order valence-corrected chi connectivity index (χ0v) is 12.8. The van der Waals surface area contributed by atoms with E-state index >= 15 is 0 Å². The summed E-state index contributed by atoms with van der Waals surface area (Å²) in [5.74, 6) is 0.495. The van der Waals surface area contributed by atoms with E-state index in [1.165, 1.54) is 0 Å². The number of fused-ring (bicyclic) bond motifs is 1. The third kappa shape index (κ3) is 3.72. The number of rotatable bonds is 6. The fourth-order valence-electron chi connectivity index (χ4n) is 2.12. The minimum atomic E-state index is -0.176. The molecule has 4 N–H and O–H groups in total. The molecule has 0 saturated carbocycles. The smallest absolute Gasteiger partial charge is 0.260 e. The van der Waals surface area contributed by atoms with Crippen LogP contribution in [0.4, 0.5) is 11.6 Å². The molecule has 1 unspecified atom stereocenters. The molecule has 1 aromatic heterocycles. The Hall–Kier alpha value is -2.08. The average molecular weight is 289 g/mol. The predicted molar refractivity (Wildman–Crippen MR) is 87.6 cm³/mol. The topological polar surface area (TPSA) is 87.0 Å². The van der Waals surface area contributed by atoms with Crippen molar-refractivity contribution < 1.29 is 0 Å². The lowest BCUT2D eigenvalue weighted by Gasteiger charge is -2.23. The average Bonchev–Trinajstić information content (AvgIpc) is 2.47. The Morgan fingerprint density at radius 2 is 2.24 bits per heavy atom. The molecule has 2 rings (SSSR count). The zero-order valence-electron chi connectivity index (χ0n) is 12.8. The van der Waals surface area contributed by atoms with E-state index in [4.69, 9.17) is 5.73 Å². The first kappa shape index (κ1) is 15.3. The van der Waals surface area contributed by atoms with Gasteiger partial charge in [0, 0.05) is 24.8 Å². The summed E-state index contributed by atoms with van der Waals surface area (Å²) in [6, 6.07) is 5.69. The van der Waals surface area contributed by atoms with Crippen molar-refractivity contribution in [2.75, 3.05) is 31.2 Å². The zero-order chi connectivity index (χ0) is 15.4. The van der Waals surface area contributed by atoms with E-state index in [0.717, 1.165) is 19.5 Å². The SMILES string of the molecule is CCC(C)N(C)CCNc1nc2ccc(N)cc2c(=O)[nH]1. The third-order valence-electron chi connectivity index (χ3n) is 3.83. The number of hydrogen-bond donors (Lipinski definition) is 3. The highest BCUT2D eigenvalue weighted by molar-refractivity contribution is 5.81. The van der Waals surface area contributed by atoms with Gasteiger partial charge in [0.25, 0.3) is 5.56 Å². The van der Waals surface area contributed by atoms with Gasteiger partial charge in [-0.2, -0.15) is 0 Å². The van der Waals surface area contributed by atoms with E-state index in [0.29, 0.717) is 28.6 Å². The number of hydrogen-bond acceptors (Lipinski definition) is 5. The quantitative estimate of drug-likeness (QED) is 0.704. The van der Waals surface area contributed by atoms with Gasteiger partial charge in [-0.25, -0.2) is 4.98 Å². The van der Waals surface area contributed by atoms with Crippen LogP contribution in [-0.4, -0.2) is 41.0 Å². The molecule has 1 heterocycles. The van der Waals surface area contributed by atoms with Crippen molar-refractivity contribution >= 4 is 22.5 Å². The van der Waals surface area contributed by atoms with Gasteiger partial charge >= 0.3 is 0 Å². The van der Waals surface area contributed by atoms with E-state index in [1.54, 1.807) is 18.2 Å². The summed E-state index contributed by atoms with van der Waals surface area (Å²) in [5, 5.41) is 3.67. The molecule has 0 saturated heterocycles. The van der Waals surface area contributed by atoms with Crippen molar-refractivity contribution in [1.82, 2.24) is 14.9 Å². The van der Waals surface area contributed by atoms with Crippen LogP contribution >= 0.6 is 0 Å². The van der Waals surface area contributed by atoms with Gasteiger partial charge < -0.3 is 16.0 Å². The standard InChI is InChI=1S/C15H23N5O/c1-4-10(2)20(3)8-7-17-15-18-13-6-5-11(16)9-12(13)14(21)19-15/h5-6,9-10H,4,7-8,16H2,1-3H3,(H2,17,18,19,21). The minimum Gasteiger partial charge on any atom is -0.399 e. The molecule has 0 amide bonds. The van der Waals surface area contributed by atoms with Gasteiger partial charge in [-0.15, -0.1) is 0 Å². The van der Waals surface area contributed by atoms with Crippen LogP contribution in [0.15, 0.2) is 23.0 Å². The van der Waals surface area contributed by atoms with Crippen molar-refractivity contribution in [2.24, 2.45) is 0 Å². The molecule has 114 valence electrons. The predicted octanol–water partition coefficient (Wildman–Crippen LogP) is 1.65. The molecule has 1 aromatic carbocycles.